The van der Waals surface area contributed by atoms with E-state index >= 15 is 0 Å². The first-order valence-electron chi connectivity index (χ1n) is 7.77. The van der Waals surface area contributed by atoms with Gasteiger partial charge in [0.1, 0.15) is 0 Å². The Hall–Kier alpha value is -0.800. The largest absolute Gasteiger partial charge is 0.373 e. The molecule has 1 fully saturated rings. The number of hydrogen-bond donors (Lipinski definition) is 1. The van der Waals surface area contributed by atoms with Crippen molar-refractivity contribution in [3.8, 4) is 0 Å². The third kappa shape index (κ3) is 4.08. The molecule has 1 aromatic rings. The Bertz CT molecular complexity index is 375. The molecule has 108 valence electrons. The summed E-state index contributed by atoms with van der Waals surface area (Å²) in [5.74, 6) is 0. The molecule has 2 heterocycles. The van der Waals surface area contributed by atoms with Crippen molar-refractivity contribution in [3.63, 3.8) is 0 Å². The molecule has 3 nitrogen and oxygen atoms in total. The van der Waals surface area contributed by atoms with E-state index in [1.165, 1.54) is 24.8 Å². The van der Waals surface area contributed by atoms with Crippen molar-refractivity contribution >= 4 is 0 Å². The molecule has 1 aromatic heterocycles. The Morgan fingerprint density at radius 2 is 2.26 bits per heavy atom. The van der Waals surface area contributed by atoms with Crippen LogP contribution in [0.2, 0.25) is 0 Å². The molecule has 0 aromatic carbocycles. The van der Waals surface area contributed by atoms with Gasteiger partial charge in [-0.1, -0.05) is 13.8 Å². The fraction of sp³-hybridized carbons (Fsp3) is 0.750. The quantitative estimate of drug-likeness (QED) is 0.815. The van der Waals surface area contributed by atoms with Crippen molar-refractivity contribution in [3.05, 3.63) is 24.0 Å². The fourth-order valence-electron chi connectivity index (χ4n) is 2.85. The minimum Gasteiger partial charge on any atom is -0.373 e. The van der Waals surface area contributed by atoms with Crippen LogP contribution in [0.3, 0.4) is 0 Å². The van der Waals surface area contributed by atoms with Crippen molar-refractivity contribution in [1.82, 2.24) is 9.88 Å². The van der Waals surface area contributed by atoms with E-state index in [4.69, 9.17) is 4.74 Å². The summed E-state index contributed by atoms with van der Waals surface area (Å²) in [5.41, 5.74) is 1.40. The number of ether oxygens (including phenoxy) is 1. The molecule has 1 aliphatic rings. The molecule has 0 amide bonds. The van der Waals surface area contributed by atoms with Gasteiger partial charge in [-0.15, -0.1) is 0 Å². The summed E-state index contributed by atoms with van der Waals surface area (Å²) < 4.78 is 8.18. The van der Waals surface area contributed by atoms with Gasteiger partial charge in [-0.05, 0) is 50.8 Å². The molecule has 19 heavy (non-hydrogen) atoms. The SMILES string of the molecule is CCCNC(CC)c1ccn(CC2CCC(C)O2)c1. The molecular formula is C16H28N2O. The van der Waals surface area contributed by atoms with Crippen LogP contribution in [0.15, 0.2) is 18.5 Å². The molecule has 0 radical (unpaired) electrons. The van der Waals surface area contributed by atoms with Crippen LogP contribution >= 0.6 is 0 Å². The van der Waals surface area contributed by atoms with Gasteiger partial charge in [-0.2, -0.15) is 0 Å². The lowest BCUT2D eigenvalue weighted by molar-refractivity contribution is 0.0458. The van der Waals surface area contributed by atoms with E-state index < -0.39 is 0 Å². The normalized spacial score (nSPS) is 24.8. The zero-order valence-electron chi connectivity index (χ0n) is 12.6. The van der Waals surface area contributed by atoms with Gasteiger partial charge in [0, 0.05) is 25.0 Å². The third-order valence-corrected chi connectivity index (χ3v) is 3.96. The van der Waals surface area contributed by atoms with Gasteiger partial charge in [0.05, 0.1) is 12.2 Å². The molecule has 3 heteroatoms. The summed E-state index contributed by atoms with van der Waals surface area (Å²) in [5, 5.41) is 3.60. The lowest BCUT2D eigenvalue weighted by atomic mass is 10.1. The molecule has 1 saturated heterocycles. The summed E-state index contributed by atoms with van der Waals surface area (Å²) in [6.45, 7) is 8.71. The summed E-state index contributed by atoms with van der Waals surface area (Å²) in [6.07, 6.45) is 10.0. The number of nitrogens with zero attached hydrogens (tertiary/aromatic N) is 1. The van der Waals surface area contributed by atoms with Crippen LogP contribution < -0.4 is 5.32 Å². The van der Waals surface area contributed by atoms with Gasteiger partial charge >= 0.3 is 0 Å². The Kier molecular flexibility index (Phi) is 5.46. The van der Waals surface area contributed by atoms with Crippen molar-refractivity contribution < 1.29 is 4.74 Å². The van der Waals surface area contributed by atoms with Gasteiger partial charge < -0.3 is 14.6 Å². The van der Waals surface area contributed by atoms with E-state index in [0.717, 1.165) is 19.5 Å². The van der Waals surface area contributed by atoms with Gasteiger partial charge in [0.15, 0.2) is 0 Å². The van der Waals surface area contributed by atoms with Crippen LogP contribution in [0.4, 0.5) is 0 Å². The molecule has 0 saturated carbocycles. The smallest absolute Gasteiger partial charge is 0.0758 e. The minimum atomic E-state index is 0.402. The maximum atomic E-state index is 5.89. The summed E-state index contributed by atoms with van der Waals surface area (Å²) >= 11 is 0. The molecular weight excluding hydrogens is 236 g/mol. The molecule has 1 N–H and O–H groups in total. The van der Waals surface area contributed by atoms with Crippen LogP contribution in [-0.4, -0.2) is 23.3 Å². The van der Waals surface area contributed by atoms with Crippen LogP contribution in [0.1, 0.15) is 58.1 Å². The average molecular weight is 264 g/mol. The number of hydrogen-bond acceptors (Lipinski definition) is 2. The highest BCUT2D eigenvalue weighted by molar-refractivity contribution is 5.15. The Morgan fingerprint density at radius 1 is 1.42 bits per heavy atom. The first-order valence-corrected chi connectivity index (χ1v) is 7.77. The predicted octanol–water partition coefficient (Wildman–Crippen LogP) is 3.51. The lowest BCUT2D eigenvalue weighted by Gasteiger charge is -2.15. The standard InChI is InChI=1S/C16H28N2O/c1-4-9-17-16(5-2)14-8-10-18(11-14)12-15-7-6-13(3)19-15/h8,10-11,13,15-17H,4-7,9,12H2,1-3H3. The number of aromatic nitrogens is 1. The topological polar surface area (TPSA) is 26.2 Å². The monoisotopic (exact) mass is 264 g/mol. The molecule has 1 aliphatic heterocycles. The maximum Gasteiger partial charge on any atom is 0.0758 e. The lowest BCUT2D eigenvalue weighted by Crippen LogP contribution is -2.21. The van der Waals surface area contributed by atoms with Crippen molar-refractivity contribution in [2.45, 2.75) is 71.2 Å². The Labute approximate surface area is 117 Å². The second-order valence-electron chi connectivity index (χ2n) is 5.70. The average Bonchev–Trinajstić information content (AvgIpc) is 3.01. The van der Waals surface area contributed by atoms with Crippen LogP contribution in [0.25, 0.3) is 0 Å². The highest BCUT2D eigenvalue weighted by Gasteiger charge is 2.22. The maximum absolute atomic E-state index is 5.89. The van der Waals surface area contributed by atoms with Crippen molar-refractivity contribution in [1.29, 1.82) is 0 Å². The predicted molar refractivity (Wildman–Crippen MR) is 79.3 cm³/mol. The molecule has 0 aliphatic carbocycles. The van der Waals surface area contributed by atoms with Gasteiger partial charge in [-0.3, -0.25) is 0 Å². The van der Waals surface area contributed by atoms with E-state index in [-0.39, 0.29) is 0 Å². The van der Waals surface area contributed by atoms with Gasteiger partial charge in [0.25, 0.3) is 0 Å². The Morgan fingerprint density at radius 3 is 2.89 bits per heavy atom. The van der Waals surface area contributed by atoms with Crippen molar-refractivity contribution in [2.75, 3.05) is 6.54 Å². The fourth-order valence-corrected chi connectivity index (χ4v) is 2.85. The first kappa shape index (κ1) is 14.6. The molecule has 3 atom stereocenters. The molecule has 2 rings (SSSR count). The number of nitrogens with one attached hydrogen (secondary N) is 1. The van der Waals surface area contributed by atoms with Crippen molar-refractivity contribution in [2.24, 2.45) is 0 Å². The molecule has 3 unspecified atom stereocenters. The van der Waals surface area contributed by atoms with E-state index in [1.807, 2.05) is 0 Å². The summed E-state index contributed by atoms with van der Waals surface area (Å²) in [7, 11) is 0. The van der Waals surface area contributed by atoms with Gasteiger partial charge in [-0.25, -0.2) is 0 Å². The zero-order valence-corrected chi connectivity index (χ0v) is 12.6. The van der Waals surface area contributed by atoms with E-state index in [0.29, 0.717) is 18.2 Å². The van der Waals surface area contributed by atoms with E-state index in [9.17, 15) is 0 Å². The van der Waals surface area contributed by atoms with E-state index in [1.54, 1.807) is 0 Å². The second-order valence-corrected chi connectivity index (χ2v) is 5.70. The molecule has 0 spiro atoms. The summed E-state index contributed by atoms with van der Waals surface area (Å²) in [4.78, 5) is 0. The number of rotatable bonds is 7. The van der Waals surface area contributed by atoms with Crippen LogP contribution in [0, 0.1) is 0 Å². The van der Waals surface area contributed by atoms with Gasteiger partial charge in [0.2, 0.25) is 0 Å². The first-order chi connectivity index (χ1) is 9.22. The Balaban J connectivity index is 1.90. The van der Waals surface area contributed by atoms with E-state index in [2.05, 4.69) is 49.1 Å². The minimum absolute atomic E-state index is 0.402. The second kappa shape index (κ2) is 7.11. The highest BCUT2D eigenvalue weighted by Crippen LogP contribution is 2.22. The van der Waals surface area contributed by atoms with Crippen LogP contribution in [0.5, 0.6) is 0 Å². The summed E-state index contributed by atoms with van der Waals surface area (Å²) in [6, 6.07) is 2.74. The highest BCUT2D eigenvalue weighted by atomic mass is 16.5. The zero-order chi connectivity index (χ0) is 13.7. The molecule has 0 bridgehead atoms. The van der Waals surface area contributed by atoms with Crippen LogP contribution in [-0.2, 0) is 11.3 Å². The third-order valence-electron chi connectivity index (χ3n) is 3.96.